The molecule has 0 aliphatic rings. The lowest BCUT2D eigenvalue weighted by atomic mass is 9.92. The van der Waals surface area contributed by atoms with Crippen molar-refractivity contribution in [2.75, 3.05) is 11.1 Å². The van der Waals surface area contributed by atoms with Crippen LogP contribution in [0.1, 0.15) is 29.0 Å². The number of halogens is 1. The smallest absolute Gasteiger partial charge is 0.225 e. The molecule has 7 heteroatoms. The Morgan fingerprint density at radius 2 is 1.74 bits per heavy atom. The largest absolute Gasteiger partial charge is 0.326 e. The second kappa shape index (κ2) is 9.78. The first-order chi connectivity index (χ1) is 14.8. The first-order valence-electron chi connectivity index (χ1n) is 9.63. The van der Waals surface area contributed by atoms with E-state index in [0.29, 0.717) is 16.3 Å². The number of anilines is 1. The van der Waals surface area contributed by atoms with Crippen molar-refractivity contribution in [2.24, 2.45) is 0 Å². The molecular formula is C24H21ClN2O3S. The van der Waals surface area contributed by atoms with Crippen molar-refractivity contribution in [3.05, 3.63) is 94.5 Å². The van der Waals surface area contributed by atoms with Crippen LogP contribution >= 0.6 is 11.6 Å². The van der Waals surface area contributed by atoms with Crippen LogP contribution < -0.4 is 5.32 Å². The second-order valence-corrected chi connectivity index (χ2v) is 9.66. The van der Waals surface area contributed by atoms with Gasteiger partial charge in [-0.2, -0.15) is 5.26 Å². The lowest BCUT2D eigenvalue weighted by Crippen LogP contribution is -2.17. The summed E-state index contributed by atoms with van der Waals surface area (Å²) in [4.78, 5) is 12.5. The van der Waals surface area contributed by atoms with Crippen molar-refractivity contribution >= 4 is 33.0 Å². The Kier molecular flexibility index (Phi) is 7.11. The Labute approximate surface area is 187 Å². The second-order valence-electron chi connectivity index (χ2n) is 7.14. The van der Waals surface area contributed by atoms with Crippen molar-refractivity contribution in [3.8, 4) is 6.07 Å². The van der Waals surface area contributed by atoms with Crippen molar-refractivity contribution in [1.82, 2.24) is 0 Å². The fourth-order valence-electron chi connectivity index (χ4n) is 3.12. The summed E-state index contributed by atoms with van der Waals surface area (Å²) in [6.07, 6.45) is -0.180. The first-order valence-corrected chi connectivity index (χ1v) is 11.7. The van der Waals surface area contributed by atoms with Crippen molar-refractivity contribution in [1.29, 1.82) is 5.26 Å². The zero-order chi connectivity index (χ0) is 22.4. The summed E-state index contributed by atoms with van der Waals surface area (Å²) in [5.74, 6) is -1.25. The van der Waals surface area contributed by atoms with Gasteiger partial charge in [0.15, 0.2) is 9.84 Å². The molecule has 0 saturated heterocycles. The number of aryl methyl sites for hydroxylation is 1. The van der Waals surface area contributed by atoms with Crippen LogP contribution in [0, 0.1) is 18.3 Å². The standard InChI is InChI=1S/C24H21ClN2O3S/c1-17-7-10-20(11-8-17)31(29,30)14-13-24(28)27-19-9-12-21(23(25)15-19)22(16-26)18-5-3-2-4-6-18/h2-12,15,22H,13-14H2,1H3,(H,27,28). The van der Waals surface area contributed by atoms with Crippen LogP contribution in [0.4, 0.5) is 5.69 Å². The monoisotopic (exact) mass is 452 g/mol. The van der Waals surface area contributed by atoms with Crippen LogP contribution in [0.25, 0.3) is 0 Å². The van der Waals surface area contributed by atoms with Gasteiger partial charge in [0.2, 0.25) is 5.91 Å². The SMILES string of the molecule is Cc1ccc(S(=O)(=O)CCC(=O)Nc2ccc(C(C#N)c3ccccc3)c(Cl)c2)cc1. The predicted molar refractivity (Wildman–Crippen MR) is 122 cm³/mol. The minimum atomic E-state index is -3.55. The zero-order valence-corrected chi connectivity index (χ0v) is 18.5. The van der Waals surface area contributed by atoms with Crippen LogP contribution in [-0.2, 0) is 14.6 Å². The van der Waals surface area contributed by atoms with Crippen LogP contribution in [0.5, 0.6) is 0 Å². The fourth-order valence-corrected chi connectivity index (χ4v) is 4.65. The predicted octanol–water partition coefficient (Wildman–Crippen LogP) is 5.11. The number of nitrogens with one attached hydrogen (secondary N) is 1. The topological polar surface area (TPSA) is 87.0 Å². The van der Waals surface area contributed by atoms with Gasteiger partial charge in [0.1, 0.15) is 0 Å². The van der Waals surface area contributed by atoms with E-state index in [1.807, 2.05) is 37.3 Å². The summed E-state index contributed by atoms with van der Waals surface area (Å²) < 4.78 is 24.8. The Morgan fingerprint density at radius 1 is 1.06 bits per heavy atom. The maximum Gasteiger partial charge on any atom is 0.225 e. The van der Waals surface area contributed by atoms with Gasteiger partial charge in [-0.1, -0.05) is 65.7 Å². The van der Waals surface area contributed by atoms with E-state index in [9.17, 15) is 18.5 Å². The van der Waals surface area contributed by atoms with Gasteiger partial charge in [-0.15, -0.1) is 0 Å². The van der Waals surface area contributed by atoms with E-state index in [1.165, 1.54) is 0 Å². The lowest BCUT2D eigenvalue weighted by molar-refractivity contribution is -0.115. The number of carbonyl (C=O) groups is 1. The molecule has 0 aliphatic carbocycles. The van der Waals surface area contributed by atoms with Crippen LogP contribution in [0.15, 0.2) is 77.7 Å². The summed E-state index contributed by atoms with van der Waals surface area (Å²) in [7, 11) is -3.55. The van der Waals surface area contributed by atoms with E-state index in [1.54, 1.807) is 42.5 Å². The van der Waals surface area contributed by atoms with E-state index in [2.05, 4.69) is 11.4 Å². The molecule has 0 heterocycles. The molecule has 1 atom stereocenters. The van der Waals surface area contributed by atoms with Crippen molar-refractivity contribution < 1.29 is 13.2 Å². The van der Waals surface area contributed by atoms with Gasteiger partial charge in [0.05, 0.1) is 22.6 Å². The minimum Gasteiger partial charge on any atom is -0.326 e. The maximum atomic E-state index is 12.4. The average molecular weight is 453 g/mol. The molecule has 0 radical (unpaired) electrons. The molecule has 31 heavy (non-hydrogen) atoms. The van der Waals surface area contributed by atoms with E-state index >= 15 is 0 Å². The Bertz CT molecular complexity index is 1220. The Hall–Kier alpha value is -3.14. The third kappa shape index (κ3) is 5.72. The molecule has 3 aromatic carbocycles. The van der Waals surface area contributed by atoms with Gasteiger partial charge >= 0.3 is 0 Å². The third-order valence-electron chi connectivity index (χ3n) is 4.84. The number of benzene rings is 3. The summed E-state index contributed by atoms with van der Waals surface area (Å²) in [5.41, 5.74) is 2.86. The van der Waals surface area contributed by atoms with Crippen molar-refractivity contribution in [3.63, 3.8) is 0 Å². The number of carbonyl (C=O) groups excluding carboxylic acids is 1. The molecule has 1 N–H and O–H groups in total. The number of nitriles is 1. The normalized spacial score (nSPS) is 12.0. The molecule has 5 nitrogen and oxygen atoms in total. The molecule has 0 spiro atoms. The van der Waals surface area contributed by atoms with E-state index < -0.39 is 21.7 Å². The number of rotatable bonds is 7. The molecule has 3 rings (SSSR count). The third-order valence-corrected chi connectivity index (χ3v) is 6.89. The highest BCUT2D eigenvalue weighted by atomic mass is 35.5. The maximum absolute atomic E-state index is 12.4. The Balaban J connectivity index is 1.66. The van der Waals surface area contributed by atoms with Crippen LogP contribution in [0.3, 0.4) is 0 Å². The molecular weight excluding hydrogens is 432 g/mol. The highest BCUT2D eigenvalue weighted by Gasteiger charge is 2.19. The average Bonchev–Trinajstić information content (AvgIpc) is 2.75. The zero-order valence-electron chi connectivity index (χ0n) is 16.9. The summed E-state index contributed by atoms with van der Waals surface area (Å²) >= 11 is 6.38. The number of hydrogen-bond acceptors (Lipinski definition) is 4. The van der Waals surface area contributed by atoms with Gasteiger partial charge in [0, 0.05) is 17.1 Å². The lowest BCUT2D eigenvalue weighted by Gasteiger charge is -2.13. The van der Waals surface area contributed by atoms with Gasteiger partial charge < -0.3 is 5.32 Å². The van der Waals surface area contributed by atoms with E-state index in [0.717, 1.165) is 11.1 Å². The molecule has 0 fully saturated rings. The number of hydrogen-bond donors (Lipinski definition) is 1. The quantitative estimate of drug-likeness (QED) is 0.539. The summed E-state index contributed by atoms with van der Waals surface area (Å²) in [5, 5.41) is 12.6. The van der Waals surface area contributed by atoms with E-state index in [-0.39, 0.29) is 17.1 Å². The fraction of sp³-hybridized carbons (Fsp3) is 0.167. The summed E-state index contributed by atoms with van der Waals surface area (Å²) in [6.45, 7) is 1.87. The number of amides is 1. The molecule has 1 unspecified atom stereocenters. The highest BCUT2D eigenvalue weighted by molar-refractivity contribution is 7.91. The summed E-state index contributed by atoms with van der Waals surface area (Å²) in [6, 6.07) is 23.0. The molecule has 0 saturated carbocycles. The van der Waals surface area contributed by atoms with Gasteiger partial charge in [-0.05, 0) is 42.3 Å². The Morgan fingerprint density at radius 3 is 2.35 bits per heavy atom. The van der Waals surface area contributed by atoms with Gasteiger partial charge in [0.25, 0.3) is 0 Å². The minimum absolute atomic E-state index is 0.180. The molecule has 158 valence electrons. The molecule has 3 aromatic rings. The number of sulfone groups is 1. The van der Waals surface area contributed by atoms with Crippen LogP contribution in [0.2, 0.25) is 5.02 Å². The molecule has 0 aromatic heterocycles. The van der Waals surface area contributed by atoms with E-state index in [4.69, 9.17) is 11.6 Å². The highest BCUT2D eigenvalue weighted by Crippen LogP contribution is 2.31. The number of nitrogens with zero attached hydrogens (tertiary/aromatic N) is 1. The first kappa shape index (κ1) is 22.5. The van der Waals surface area contributed by atoms with Gasteiger partial charge in [-0.3, -0.25) is 4.79 Å². The molecule has 0 bridgehead atoms. The van der Waals surface area contributed by atoms with Gasteiger partial charge in [-0.25, -0.2) is 8.42 Å². The van der Waals surface area contributed by atoms with Crippen molar-refractivity contribution in [2.45, 2.75) is 24.2 Å². The van der Waals surface area contributed by atoms with Crippen LogP contribution in [-0.4, -0.2) is 20.1 Å². The molecule has 1 amide bonds. The molecule has 0 aliphatic heterocycles.